The van der Waals surface area contributed by atoms with E-state index in [0.29, 0.717) is 0 Å². The standard InChI is InChI=1S/C53H37N5/c1-6-16-35(17-7-1)32-58-33-40-41(34-58)53-51(39-24-14-5-15-25-39)47-31-29-45(56-47)49(37-20-10-3-11-21-37)43-27-26-42(54-43)48(36-18-8-2-9-19-36)44-28-30-46(55-44)50(52(40)57-53)38-22-12-4-13-23-38/h1-31,33-34,55,57H,32H2. The Morgan fingerprint density at radius 3 is 1.26 bits per heavy atom. The first-order chi connectivity index (χ1) is 28.7. The molecular formula is C53H37N5. The second kappa shape index (κ2) is 14.1. The molecule has 2 N–H and O–H groups in total. The van der Waals surface area contributed by atoms with Crippen LogP contribution in [-0.2, 0) is 6.54 Å². The van der Waals surface area contributed by atoms with Gasteiger partial charge in [0.15, 0.2) is 0 Å². The van der Waals surface area contributed by atoms with Crippen molar-refractivity contribution in [3.8, 4) is 44.5 Å². The van der Waals surface area contributed by atoms with Crippen molar-refractivity contribution in [1.29, 1.82) is 0 Å². The molecule has 11 rings (SSSR count). The molecule has 0 saturated carbocycles. The van der Waals surface area contributed by atoms with E-state index in [1.165, 1.54) is 5.56 Å². The molecule has 0 fully saturated rings. The number of aromatic nitrogens is 5. The predicted molar refractivity (Wildman–Crippen MR) is 242 cm³/mol. The van der Waals surface area contributed by atoms with Crippen LogP contribution in [0.25, 0.3) is 102 Å². The van der Waals surface area contributed by atoms with E-state index < -0.39 is 0 Å². The van der Waals surface area contributed by atoms with Crippen LogP contribution in [0.15, 0.2) is 176 Å². The maximum atomic E-state index is 5.51. The van der Waals surface area contributed by atoms with E-state index in [-0.39, 0.29) is 0 Å². The number of benzene rings is 5. The van der Waals surface area contributed by atoms with Crippen molar-refractivity contribution in [2.45, 2.75) is 6.54 Å². The number of rotatable bonds is 6. The minimum atomic E-state index is 0.750. The number of fused-ring (bicyclic) bond motifs is 11. The summed E-state index contributed by atoms with van der Waals surface area (Å²) < 4.78 is 2.31. The molecule has 6 heterocycles. The Labute approximate surface area is 336 Å². The zero-order valence-electron chi connectivity index (χ0n) is 31.6. The number of H-pyrrole nitrogens is 2. The Balaban J connectivity index is 1.36. The fourth-order valence-electron chi connectivity index (χ4n) is 8.56. The molecule has 5 aromatic carbocycles. The van der Waals surface area contributed by atoms with Crippen LogP contribution < -0.4 is 0 Å². The maximum absolute atomic E-state index is 5.51. The Hall–Kier alpha value is -7.76. The van der Waals surface area contributed by atoms with Gasteiger partial charge in [0.25, 0.3) is 0 Å². The molecule has 0 spiro atoms. The van der Waals surface area contributed by atoms with E-state index in [9.17, 15) is 0 Å². The average Bonchev–Trinajstić information content (AvgIpc) is 4.14. The van der Waals surface area contributed by atoms with Crippen LogP contribution in [0.4, 0.5) is 0 Å². The Kier molecular flexibility index (Phi) is 8.14. The van der Waals surface area contributed by atoms with Gasteiger partial charge in [-0.3, -0.25) is 0 Å². The summed E-state index contributed by atoms with van der Waals surface area (Å²) in [5, 5.41) is 2.26. The summed E-state index contributed by atoms with van der Waals surface area (Å²) in [6, 6.07) is 57.5. The molecular weight excluding hydrogens is 707 g/mol. The molecule has 4 aromatic heterocycles. The summed E-state index contributed by atoms with van der Waals surface area (Å²) in [6.45, 7) is 0.750. The van der Waals surface area contributed by atoms with E-state index in [2.05, 4.69) is 215 Å². The van der Waals surface area contributed by atoms with Gasteiger partial charge >= 0.3 is 0 Å². The highest BCUT2D eigenvalue weighted by Gasteiger charge is 2.22. The highest BCUT2D eigenvalue weighted by atomic mass is 14.9. The third-order valence-electron chi connectivity index (χ3n) is 11.2. The average molecular weight is 744 g/mol. The Morgan fingerprint density at radius 1 is 0.362 bits per heavy atom. The molecule has 2 aliphatic rings. The Morgan fingerprint density at radius 2 is 0.741 bits per heavy atom. The van der Waals surface area contributed by atoms with E-state index in [0.717, 1.165) is 107 Å². The predicted octanol–water partition coefficient (Wildman–Crippen LogP) is 13.3. The van der Waals surface area contributed by atoms with Gasteiger partial charge < -0.3 is 14.5 Å². The van der Waals surface area contributed by atoms with Crippen molar-refractivity contribution in [1.82, 2.24) is 24.5 Å². The first kappa shape index (κ1) is 33.6. The molecule has 9 aromatic rings. The minimum Gasteiger partial charge on any atom is -0.354 e. The second-order valence-electron chi connectivity index (χ2n) is 14.8. The largest absolute Gasteiger partial charge is 0.354 e. The number of aromatic amines is 2. The fraction of sp³-hybridized carbons (Fsp3) is 0.0189. The fourth-order valence-corrected chi connectivity index (χ4v) is 8.56. The molecule has 0 saturated heterocycles. The lowest BCUT2D eigenvalue weighted by Crippen LogP contribution is -1.95. The summed E-state index contributed by atoms with van der Waals surface area (Å²) >= 11 is 0. The van der Waals surface area contributed by atoms with Gasteiger partial charge in [0.1, 0.15) is 0 Å². The number of hydrogen-bond donors (Lipinski definition) is 2. The topological polar surface area (TPSA) is 62.3 Å². The van der Waals surface area contributed by atoms with Crippen LogP contribution in [0.3, 0.4) is 0 Å². The number of nitrogens with one attached hydrogen (secondary N) is 2. The molecule has 0 unspecified atom stereocenters. The van der Waals surface area contributed by atoms with Gasteiger partial charge in [-0.25, -0.2) is 9.97 Å². The summed E-state index contributed by atoms with van der Waals surface area (Å²) in [6.07, 6.45) is 13.2. The highest BCUT2D eigenvalue weighted by Crippen LogP contribution is 2.42. The molecule has 5 nitrogen and oxygen atoms in total. The van der Waals surface area contributed by atoms with E-state index >= 15 is 0 Å². The van der Waals surface area contributed by atoms with Crippen molar-refractivity contribution in [2.75, 3.05) is 0 Å². The monoisotopic (exact) mass is 743 g/mol. The quantitative estimate of drug-likeness (QED) is 0.178. The van der Waals surface area contributed by atoms with Crippen LogP contribution in [0.2, 0.25) is 0 Å². The number of nitrogens with zero attached hydrogens (tertiary/aromatic N) is 3. The van der Waals surface area contributed by atoms with Gasteiger partial charge in [0.05, 0.1) is 33.8 Å². The van der Waals surface area contributed by atoms with Crippen molar-refractivity contribution in [3.63, 3.8) is 0 Å². The smallest absolute Gasteiger partial charge is 0.0738 e. The zero-order chi connectivity index (χ0) is 38.4. The van der Waals surface area contributed by atoms with Gasteiger partial charge in [-0.05, 0) is 64.3 Å². The maximum Gasteiger partial charge on any atom is 0.0738 e. The first-order valence-corrected chi connectivity index (χ1v) is 19.7. The summed E-state index contributed by atoms with van der Waals surface area (Å²) in [5.74, 6) is 0. The van der Waals surface area contributed by atoms with Gasteiger partial charge in [-0.2, -0.15) is 0 Å². The van der Waals surface area contributed by atoms with Crippen molar-refractivity contribution < 1.29 is 0 Å². The Bertz CT molecular complexity index is 3210. The molecule has 0 aliphatic carbocycles. The molecule has 0 amide bonds. The molecule has 58 heavy (non-hydrogen) atoms. The van der Waals surface area contributed by atoms with Gasteiger partial charge in [-0.1, -0.05) is 152 Å². The van der Waals surface area contributed by atoms with Gasteiger partial charge in [-0.15, -0.1) is 0 Å². The van der Waals surface area contributed by atoms with Crippen molar-refractivity contribution in [2.24, 2.45) is 0 Å². The van der Waals surface area contributed by atoms with E-state index in [4.69, 9.17) is 9.97 Å². The lowest BCUT2D eigenvalue weighted by molar-refractivity contribution is 0.810. The summed E-state index contributed by atoms with van der Waals surface area (Å²) in [7, 11) is 0. The van der Waals surface area contributed by atoms with Crippen LogP contribution in [0.1, 0.15) is 28.3 Å². The van der Waals surface area contributed by atoms with Gasteiger partial charge in [0.2, 0.25) is 0 Å². The summed E-state index contributed by atoms with van der Waals surface area (Å²) in [4.78, 5) is 18.9. The van der Waals surface area contributed by atoms with Crippen LogP contribution >= 0.6 is 0 Å². The second-order valence-corrected chi connectivity index (χ2v) is 14.8. The van der Waals surface area contributed by atoms with Gasteiger partial charge in [0, 0.05) is 63.0 Å². The first-order valence-electron chi connectivity index (χ1n) is 19.7. The minimum absolute atomic E-state index is 0.750. The SMILES string of the molecule is C1=Cc2nc1c(-c1ccccc1)c1nc(c(-c3ccccc3)c3[nH]c(c(-c4ccccc4)c4ccc([nH]4)c2-c2ccccc2)c2cn(Cc4ccccc4)cc32)C=C1. The third-order valence-corrected chi connectivity index (χ3v) is 11.2. The van der Waals surface area contributed by atoms with Crippen LogP contribution in [0, 0.1) is 0 Å². The third kappa shape index (κ3) is 5.89. The zero-order valence-corrected chi connectivity index (χ0v) is 31.6. The molecule has 0 radical (unpaired) electrons. The van der Waals surface area contributed by atoms with E-state index in [1.807, 2.05) is 0 Å². The lowest BCUT2D eigenvalue weighted by Gasteiger charge is -2.07. The molecule has 274 valence electrons. The lowest BCUT2D eigenvalue weighted by atomic mass is 10.0. The van der Waals surface area contributed by atoms with E-state index in [1.54, 1.807) is 0 Å². The van der Waals surface area contributed by atoms with Crippen LogP contribution in [-0.4, -0.2) is 24.5 Å². The molecule has 0 atom stereocenters. The molecule has 8 bridgehead atoms. The van der Waals surface area contributed by atoms with Crippen LogP contribution in [0.5, 0.6) is 0 Å². The van der Waals surface area contributed by atoms with Crippen molar-refractivity contribution >= 4 is 57.1 Å². The molecule has 5 heteroatoms. The highest BCUT2D eigenvalue weighted by molar-refractivity contribution is 6.17. The van der Waals surface area contributed by atoms with Crippen molar-refractivity contribution in [3.05, 3.63) is 205 Å². The normalized spacial score (nSPS) is 12.1. The summed E-state index contributed by atoms with van der Waals surface area (Å²) in [5.41, 5.74) is 17.3. The molecule has 2 aliphatic heterocycles. The number of hydrogen-bond acceptors (Lipinski definition) is 2.